The van der Waals surface area contributed by atoms with Gasteiger partial charge in [0.25, 0.3) is 0 Å². The molecule has 0 amide bonds. The van der Waals surface area contributed by atoms with Gasteiger partial charge in [-0.1, -0.05) is 32.1 Å². The molecule has 0 radical (unpaired) electrons. The van der Waals surface area contributed by atoms with Crippen molar-refractivity contribution in [1.29, 1.82) is 0 Å². The van der Waals surface area contributed by atoms with E-state index in [-0.39, 0.29) is 4.69 Å². The van der Waals surface area contributed by atoms with Gasteiger partial charge in [0.15, 0.2) is 4.69 Å². The van der Waals surface area contributed by atoms with Gasteiger partial charge in [0.05, 0.1) is 0 Å². The third-order valence-corrected chi connectivity index (χ3v) is 2.87. The van der Waals surface area contributed by atoms with Crippen LogP contribution in [0.3, 0.4) is 0 Å². The van der Waals surface area contributed by atoms with Crippen LogP contribution in [0.15, 0.2) is 0 Å². The monoisotopic (exact) mass is 218 g/mol. The Labute approximate surface area is 76.7 Å². The van der Waals surface area contributed by atoms with Gasteiger partial charge in [-0.3, -0.25) is 4.79 Å². The normalized spacial score (nSPS) is 20.1. The summed E-state index contributed by atoms with van der Waals surface area (Å²) in [5.74, 6) is 0.838. The molecule has 0 saturated heterocycles. The lowest BCUT2D eigenvalue weighted by atomic mass is 9.86. The summed E-state index contributed by atoms with van der Waals surface area (Å²) in [6.45, 7) is 0. The first-order chi connectivity index (χ1) is 5.29. The van der Waals surface area contributed by atoms with Gasteiger partial charge in [0.2, 0.25) is 0 Å². The van der Waals surface area contributed by atoms with Crippen LogP contribution < -0.4 is 0 Å². The zero-order valence-electron chi connectivity index (χ0n) is 6.81. The fourth-order valence-corrected chi connectivity index (χ4v) is 2.02. The first-order valence-corrected chi connectivity index (χ1v) is 5.26. The smallest absolute Gasteiger partial charge is 0.197 e. The summed E-state index contributed by atoms with van der Waals surface area (Å²) < 4.78 is 0.170. The van der Waals surface area contributed by atoms with Crippen LogP contribution in [0.4, 0.5) is 0 Å². The highest BCUT2D eigenvalue weighted by atomic mass is 79.9. The van der Waals surface area contributed by atoms with Gasteiger partial charge >= 0.3 is 0 Å². The van der Waals surface area contributed by atoms with Crippen molar-refractivity contribution in [3.05, 3.63) is 0 Å². The predicted molar refractivity (Wildman–Crippen MR) is 49.7 cm³/mol. The molecule has 0 heterocycles. The maximum atomic E-state index is 10.6. The molecule has 0 N–H and O–H groups in total. The molecule has 0 aromatic heterocycles. The first-order valence-electron chi connectivity index (χ1n) is 4.47. The Morgan fingerprint density at radius 3 is 2.45 bits per heavy atom. The van der Waals surface area contributed by atoms with Crippen LogP contribution in [0.1, 0.15) is 44.9 Å². The maximum absolute atomic E-state index is 10.6. The van der Waals surface area contributed by atoms with Crippen molar-refractivity contribution < 1.29 is 4.79 Å². The largest absolute Gasteiger partial charge is 0.287 e. The molecule has 0 bridgehead atoms. The molecule has 1 saturated carbocycles. The Kier molecular flexibility index (Phi) is 4.13. The molecule has 0 aromatic carbocycles. The zero-order valence-corrected chi connectivity index (χ0v) is 8.40. The summed E-state index contributed by atoms with van der Waals surface area (Å²) in [7, 11) is 0. The Bertz CT molecular complexity index is 128. The summed E-state index contributed by atoms with van der Waals surface area (Å²) in [5, 5.41) is 0. The second kappa shape index (κ2) is 4.91. The maximum Gasteiger partial charge on any atom is 0.197 e. The third-order valence-electron chi connectivity index (χ3n) is 2.47. The fourth-order valence-electron chi connectivity index (χ4n) is 1.79. The van der Waals surface area contributed by atoms with E-state index in [2.05, 4.69) is 15.9 Å². The summed E-state index contributed by atoms with van der Waals surface area (Å²) in [4.78, 5) is 10.6. The lowest BCUT2D eigenvalue weighted by Crippen LogP contribution is -2.06. The van der Waals surface area contributed by atoms with Crippen LogP contribution in [0.5, 0.6) is 0 Å². The fraction of sp³-hybridized carbons (Fsp3) is 0.889. The summed E-state index contributed by atoms with van der Waals surface area (Å²) in [5.41, 5.74) is 0. The van der Waals surface area contributed by atoms with Gasteiger partial charge in [-0.15, -0.1) is 0 Å². The average Bonchev–Trinajstić information content (AvgIpc) is 2.03. The van der Waals surface area contributed by atoms with E-state index in [0.29, 0.717) is 0 Å². The van der Waals surface area contributed by atoms with Crippen molar-refractivity contribution in [2.45, 2.75) is 44.9 Å². The van der Waals surface area contributed by atoms with Crippen molar-refractivity contribution in [2.24, 2.45) is 5.92 Å². The van der Waals surface area contributed by atoms with Crippen LogP contribution in [0.25, 0.3) is 0 Å². The van der Waals surface area contributed by atoms with E-state index in [9.17, 15) is 4.79 Å². The van der Waals surface area contributed by atoms with E-state index in [1.165, 1.54) is 32.1 Å². The molecule has 0 spiro atoms. The molecule has 2 heteroatoms. The molecule has 11 heavy (non-hydrogen) atoms. The van der Waals surface area contributed by atoms with E-state index < -0.39 is 0 Å². The van der Waals surface area contributed by atoms with Crippen LogP contribution in [-0.2, 0) is 4.79 Å². The lowest BCUT2D eigenvalue weighted by molar-refractivity contribution is -0.110. The third kappa shape index (κ3) is 3.90. The van der Waals surface area contributed by atoms with Crippen molar-refractivity contribution in [3.8, 4) is 0 Å². The quantitative estimate of drug-likeness (QED) is 0.665. The highest BCUT2D eigenvalue weighted by Gasteiger charge is 2.13. The van der Waals surface area contributed by atoms with Gasteiger partial charge < -0.3 is 0 Å². The van der Waals surface area contributed by atoms with E-state index in [0.717, 1.165) is 18.8 Å². The van der Waals surface area contributed by atoms with Crippen LogP contribution in [-0.4, -0.2) is 4.69 Å². The van der Waals surface area contributed by atoms with E-state index in [1.807, 2.05) is 0 Å². The Morgan fingerprint density at radius 2 is 1.91 bits per heavy atom. The van der Waals surface area contributed by atoms with Gasteiger partial charge in [-0.05, 0) is 28.3 Å². The van der Waals surface area contributed by atoms with Crippen molar-refractivity contribution in [1.82, 2.24) is 0 Å². The molecule has 64 valence electrons. The van der Waals surface area contributed by atoms with Crippen molar-refractivity contribution in [2.75, 3.05) is 0 Å². The summed E-state index contributed by atoms with van der Waals surface area (Å²) >= 11 is 2.96. The molecule has 1 rings (SSSR count). The molecule has 0 atom stereocenters. The highest BCUT2D eigenvalue weighted by Crippen LogP contribution is 2.27. The SMILES string of the molecule is O=C(Br)CCC1CCCCC1. The van der Waals surface area contributed by atoms with E-state index in [1.54, 1.807) is 0 Å². The molecular formula is C9H15BrO. The highest BCUT2D eigenvalue weighted by molar-refractivity contribution is 9.18. The molecule has 0 aliphatic heterocycles. The number of hydrogen-bond donors (Lipinski definition) is 0. The molecule has 0 unspecified atom stereocenters. The number of hydrogen-bond acceptors (Lipinski definition) is 1. The first kappa shape index (κ1) is 9.24. The Hall–Kier alpha value is 0.150. The topological polar surface area (TPSA) is 17.1 Å². The van der Waals surface area contributed by atoms with Crippen LogP contribution in [0.2, 0.25) is 0 Å². The predicted octanol–water partition coefficient (Wildman–Crippen LogP) is 3.27. The number of halogens is 1. The van der Waals surface area contributed by atoms with Crippen LogP contribution in [0, 0.1) is 5.92 Å². The summed E-state index contributed by atoms with van der Waals surface area (Å²) in [6.07, 6.45) is 8.68. The van der Waals surface area contributed by atoms with Crippen molar-refractivity contribution in [3.63, 3.8) is 0 Å². The van der Waals surface area contributed by atoms with Gasteiger partial charge in [0.1, 0.15) is 0 Å². The molecular weight excluding hydrogens is 204 g/mol. The molecule has 0 aromatic rings. The van der Waals surface area contributed by atoms with Gasteiger partial charge in [0, 0.05) is 6.42 Å². The summed E-state index contributed by atoms with van der Waals surface area (Å²) in [6, 6.07) is 0. The van der Waals surface area contributed by atoms with E-state index >= 15 is 0 Å². The second-order valence-electron chi connectivity index (χ2n) is 3.40. The zero-order chi connectivity index (χ0) is 8.10. The molecule has 1 aliphatic rings. The van der Waals surface area contributed by atoms with Gasteiger partial charge in [-0.25, -0.2) is 0 Å². The minimum Gasteiger partial charge on any atom is -0.287 e. The molecule has 1 nitrogen and oxygen atoms in total. The molecule has 1 aliphatic carbocycles. The Balaban J connectivity index is 2.09. The van der Waals surface area contributed by atoms with Crippen LogP contribution >= 0.6 is 15.9 Å². The minimum absolute atomic E-state index is 0.170. The molecule has 1 fully saturated rings. The number of carbonyl (C=O) groups is 1. The standard InChI is InChI=1S/C9H15BrO/c10-9(11)7-6-8-4-2-1-3-5-8/h8H,1-7H2. The second-order valence-corrected chi connectivity index (χ2v) is 4.28. The van der Waals surface area contributed by atoms with Gasteiger partial charge in [-0.2, -0.15) is 0 Å². The Morgan fingerprint density at radius 1 is 1.27 bits per heavy atom. The van der Waals surface area contributed by atoms with E-state index in [4.69, 9.17) is 0 Å². The number of rotatable bonds is 3. The number of carbonyl (C=O) groups excluding carboxylic acids is 1. The average molecular weight is 219 g/mol. The van der Waals surface area contributed by atoms with Crippen molar-refractivity contribution >= 4 is 20.6 Å². The minimum atomic E-state index is 0.170. The lowest BCUT2D eigenvalue weighted by Gasteiger charge is -2.20.